The van der Waals surface area contributed by atoms with Crippen LogP contribution >= 0.6 is 0 Å². The first kappa shape index (κ1) is 16.9. The lowest BCUT2D eigenvalue weighted by molar-refractivity contribution is 0.0955. The Morgan fingerprint density at radius 2 is 2.15 bits per heavy atom. The summed E-state index contributed by atoms with van der Waals surface area (Å²) in [5.74, 6) is 0.403. The Labute approximate surface area is 154 Å². The second-order valence-electron chi connectivity index (χ2n) is 5.97. The fourth-order valence-electron chi connectivity index (χ4n) is 2.92. The van der Waals surface area contributed by atoms with E-state index in [-0.39, 0.29) is 5.91 Å². The van der Waals surface area contributed by atoms with Gasteiger partial charge in [-0.05, 0) is 30.2 Å². The van der Waals surface area contributed by atoms with Crippen LogP contribution in [0.4, 0.5) is 0 Å². The number of rotatable bonds is 6. The number of pyridine rings is 2. The van der Waals surface area contributed by atoms with Crippen LogP contribution in [-0.4, -0.2) is 32.4 Å². The van der Waals surface area contributed by atoms with Gasteiger partial charge in [0.25, 0.3) is 5.91 Å². The fourth-order valence-corrected chi connectivity index (χ4v) is 2.92. The summed E-state index contributed by atoms with van der Waals surface area (Å²) in [6.45, 7) is 0.847. The normalized spacial score (nSPS) is 11.0. The van der Waals surface area contributed by atoms with E-state index >= 15 is 0 Å². The molecule has 4 heterocycles. The Morgan fingerprint density at radius 1 is 1.22 bits per heavy atom. The first-order chi connectivity index (χ1) is 13.3. The molecule has 0 radical (unpaired) electrons. The van der Waals surface area contributed by atoms with E-state index in [1.807, 2.05) is 12.1 Å². The molecule has 27 heavy (non-hydrogen) atoms. The highest BCUT2D eigenvalue weighted by molar-refractivity contribution is 6.04. The number of aromatic nitrogens is 4. The van der Waals surface area contributed by atoms with Crippen LogP contribution in [0.2, 0.25) is 0 Å². The Morgan fingerprint density at radius 3 is 2.96 bits per heavy atom. The second-order valence-corrected chi connectivity index (χ2v) is 5.97. The van der Waals surface area contributed by atoms with Gasteiger partial charge in [-0.2, -0.15) is 0 Å². The standard InChI is InChI=1S/C19H18N6O2/c20-10-15-12(2-1-6-21-15)3-7-23-19(26)14-4-8-22-18-16(14)24-17(25-18)13-5-9-27-11-13/h1-2,4-6,8-9,11H,3,7,10,20H2,(H,23,26)(H,22,24,25). The highest BCUT2D eigenvalue weighted by Crippen LogP contribution is 2.21. The third kappa shape index (κ3) is 3.42. The fraction of sp³-hybridized carbons (Fsp3) is 0.158. The number of nitrogens with one attached hydrogen (secondary N) is 2. The van der Waals surface area contributed by atoms with Crippen LogP contribution in [0.1, 0.15) is 21.6 Å². The average Bonchev–Trinajstić information content (AvgIpc) is 3.37. The van der Waals surface area contributed by atoms with Crippen molar-refractivity contribution in [3.63, 3.8) is 0 Å². The molecule has 4 rings (SSSR count). The summed E-state index contributed by atoms with van der Waals surface area (Å²) in [6.07, 6.45) is 7.11. The number of nitrogens with zero attached hydrogens (tertiary/aromatic N) is 3. The van der Waals surface area contributed by atoms with Gasteiger partial charge in [-0.25, -0.2) is 9.97 Å². The van der Waals surface area contributed by atoms with Gasteiger partial charge in [0.2, 0.25) is 0 Å². The molecule has 0 aliphatic carbocycles. The number of carbonyl (C=O) groups excluding carboxylic acids is 1. The minimum Gasteiger partial charge on any atom is -0.472 e. The number of carbonyl (C=O) groups is 1. The van der Waals surface area contributed by atoms with Gasteiger partial charge in [0.1, 0.15) is 17.6 Å². The maximum Gasteiger partial charge on any atom is 0.253 e. The van der Waals surface area contributed by atoms with Crippen LogP contribution in [0.5, 0.6) is 0 Å². The molecule has 0 aliphatic heterocycles. The third-order valence-electron chi connectivity index (χ3n) is 4.28. The molecular formula is C19H18N6O2. The van der Waals surface area contributed by atoms with Crippen molar-refractivity contribution in [3.8, 4) is 11.4 Å². The third-order valence-corrected chi connectivity index (χ3v) is 4.28. The molecule has 0 spiro atoms. The van der Waals surface area contributed by atoms with Gasteiger partial charge in [-0.15, -0.1) is 0 Å². The van der Waals surface area contributed by atoms with Crippen molar-refractivity contribution in [1.82, 2.24) is 25.3 Å². The van der Waals surface area contributed by atoms with Gasteiger partial charge in [-0.3, -0.25) is 9.78 Å². The van der Waals surface area contributed by atoms with E-state index in [1.165, 1.54) is 0 Å². The largest absolute Gasteiger partial charge is 0.472 e. The van der Waals surface area contributed by atoms with Crippen molar-refractivity contribution in [2.24, 2.45) is 5.73 Å². The second kappa shape index (κ2) is 7.38. The average molecular weight is 362 g/mol. The molecule has 0 saturated carbocycles. The minimum absolute atomic E-state index is 0.203. The Kier molecular flexibility index (Phi) is 4.63. The number of amides is 1. The quantitative estimate of drug-likeness (QED) is 0.482. The van der Waals surface area contributed by atoms with Crippen molar-refractivity contribution in [2.75, 3.05) is 6.54 Å². The van der Waals surface area contributed by atoms with E-state index in [9.17, 15) is 4.79 Å². The SMILES string of the molecule is NCc1ncccc1CCNC(=O)c1ccnc2[nH]c(-c3ccoc3)nc12. The Bertz CT molecular complexity index is 1070. The van der Waals surface area contributed by atoms with Crippen LogP contribution in [0.3, 0.4) is 0 Å². The molecule has 0 fully saturated rings. The van der Waals surface area contributed by atoms with Gasteiger partial charge < -0.3 is 20.5 Å². The molecule has 8 nitrogen and oxygen atoms in total. The summed E-state index contributed by atoms with van der Waals surface area (Å²) in [5.41, 5.74) is 9.92. The van der Waals surface area contributed by atoms with E-state index in [0.717, 1.165) is 16.8 Å². The molecular weight excluding hydrogens is 344 g/mol. The summed E-state index contributed by atoms with van der Waals surface area (Å²) in [5, 5.41) is 2.93. The van der Waals surface area contributed by atoms with Crippen molar-refractivity contribution < 1.29 is 9.21 Å². The number of nitrogens with two attached hydrogens (primary N) is 1. The Balaban J connectivity index is 1.51. The van der Waals surface area contributed by atoms with Crippen LogP contribution in [0.15, 0.2) is 53.6 Å². The molecule has 8 heteroatoms. The lowest BCUT2D eigenvalue weighted by atomic mass is 10.1. The molecule has 0 saturated heterocycles. The molecule has 0 atom stereocenters. The zero-order chi connectivity index (χ0) is 18.6. The van der Waals surface area contributed by atoms with Gasteiger partial charge in [0, 0.05) is 25.5 Å². The molecule has 0 unspecified atom stereocenters. The number of fused-ring (bicyclic) bond motifs is 1. The molecule has 4 aromatic rings. The van der Waals surface area contributed by atoms with Crippen LogP contribution in [-0.2, 0) is 13.0 Å². The zero-order valence-electron chi connectivity index (χ0n) is 14.5. The molecule has 4 N–H and O–H groups in total. The van der Waals surface area contributed by atoms with Crippen molar-refractivity contribution >= 4 is 17.1 Å². The van der Waals surface area contributed by atoms with Crippen LogP contribution < -0.4 is 11.1 Å². The first-order valence-corrected chi connectivity index (χ1v) is 8.54. The summed E-state index contributed by atoms with van der Waals surface area (Å²) >= 11 is 0. The molecule has 4 aromatic heterocycles. The highest BCUT2D eigenvalue weighted by Gasteiger charge is 2.15. The molecule has 0 bridgehead atoms. The smallest absolute Gasteiger partial charge is 0.253 e. The molecule has 0 aliphatic rings. The summed E-state index contributed by atoms with van der Waals surface area (Å²) in [6, 6.07) is 7.29. The van der Waals surface area contributed by atoms with Gasteiger partial charge in [0.15, 0.2) is 5.65 Å². The minimum atomic E-state index is -0.203. The Hall–Kier alpha value is -3.52. The number of hydrogen-bond acceptors (Lipinski definition) is 6. The zero-order valence-corrected chi connectivity index (χ0v) is 14.5. The van der Waals surface area contributed by atoms with E-state index in [4.69, 9.17) is 10.2 Å². The number of H-pyrrole nitrogens is 1. The maximum absolute atomic E-state index is 12.6. The monoisotopic (exact) mass is 362 g/mol. The van der Waals surface area contributed by atoms with Crippen LogP contribution in [0.25, 0.3) is 22.6 Å². The summed E-state index contributed by atoms with van der Waals surface area (Å²) in [7, 11) is 0. The van der Waals surface area contributed by atoms with Crippen molar-refractivity contribution in [2.45, 2.75) is 13.0 Å². The van der Waals surface area contributed by atoms with E-state index in [2.05, 4.69) is 25.3 Å². The number of aromatic amines is 1. The molecule has 136 valence electrons. The van der Waals surface area contributed by atoms with Crippen molar-refractivity contribution in [3.05, 3.63) is 66.0 Å². The molecule has 1 amide bonds. The lowest BCUT2D eigenvalue weighted by Gasteiger charge is -2.08. The first-order valence-electron chi connectivity index (χ1n) is 8.54. The van der Waals surface area contributed by atoms with E-state index < -0.39 is 0 Å². The highest BCUT2D eigenvalue weighted by atomic mass is 16.3. The van der Waals surface area contributed by atoms with Crippen molar-refractivity contribution in [1.29, 1.82) is 0 Å². The number of furan rings is 1. The van der Waals surface area contributed by atoms with Gasteiger partial charge in [-0.1, -0.05) is 6.07 Å². The number of hydrogen-bond donors (Lipinski definition) is 3. The maximum atomic E-state index is 12.6. The number of imidazole rings is 1. The molecule has 0 aromatic carbocycles. The van der Waals surface area contributed by atoms with Crippen LogP contribution in [0, 0.1) is 0 Å². The predicted molar refractivity (Wildman–Crippen MR) is 99.8 cm³/mol. The predicted octanol–water partition coefficient (Wildman–Crippen LogP) is 2.04. The van der Waals surface area contributed by atoms with Gasteiger partial charge in [0.05, 0.1) is 23.1 Å². The van der Waals surface area contributed by atoms with E-state index in [0.29, 0.717) is 42.1 Å². The summed E-state index contributed by atoms with van der Waals surface area (Å²) < 4.78 is 5.08. The lowest BCUT2D eigenvalue weighted by Crippen LogP contribution is -2.26. The van der Waals surface area contributed by atoms with Gasteiger partial charge >= 0.3 is 0 Å². The summed E-state index contributed by atoms with van der Waals surface area (Å²) in [4.78, 5) is 28.8. The topological polar surface area (TPSA) is 123 Å². The van der Waals surface area contributed by atoms with E-state index in [1.54, 1.807) is 37.1 Å².